The van der Waals surface area contributed by atoms with Crippen molar-refractivity contribution in [2.24, 2.45) is 5.92 Å². The van der Waals surface area contributed by atoms with Crippen molar-refractivity contribution in [3.05, 3.63) is 89.7 Å². The number of amides is 1. The molecular weight excluding hydrogens is 466 g/mol. The summed E-state index contributed by atoms with van der Waals surface area (Å²) in [6.07, 6.45) is 6.06. The number of nitrogens with zero attached hydrogens (tertiary/aromatic N) is 2. The molecule has 0 saturated carbocycles. The fraction of sp³-hybridized carbons (Fsp3) is 0.333. The van der Waals surface area contributed by atoms with E-state index in [4.69, 9.17) is 4.74 Å². The van der Waals surface area contributed by atoms with Gasteiger partial charge < -0.3 is 15.0 Å². The van der Waals surface area contributed by atoms with E-state index in [0.717, 1.165) is 50.2 Å². The number of nitrogens with one attached hydrogen (secondary N) is 1. The molecule has 7 heteroatoms. The lowest BCUT2D eigenvalue weighted by Crippen LogP contribution is -2.29. The van der Waals surface area contributed by atoms with Gasteiger partial charge in [-0.05, 0) is 87.1 Å². The number of esters is 1. The maximum Gasteiger partial charge on any atom is 0.343 e. The summed E-state index contributed by atoms with van der Waals surface area (Å²) in [5.41, 5.74) is 2.91. The number of carbonyl (C=O) groups is 3. The molecule has 2 heterocycles. The van der Waals surface area contributed by atoms with Gasteiger partial charge in [0.15, 0.2) is 5.78 Å². The fourth-order valence-electron chi connectivity index (χ4n) is 4.60. The number of aryl methyl sites for hydroxylation is 1. The van der Waals surface area contributed by atoms with Crippen molar-refractivity contribution in [1.29, 1.82) is 0 Å². The minimum Gasteiger partial charge on any atom is -0.423 e. The second-order valence-electron chi connectivity index (χ2n) is 9.48. The number of ketones is 1. The highest BCUT2D eigenvalue weighted by molar-refractivity contribution is 5.96. The highest BCUT2D eigenvalue weighted by Gasteiger charge is 2.19. The van der Waals surface area contributed by atoms with Crippen LogP contribution in [0.25, 0.3) is 0 Å². The molecule has 4 rings (SSSR count). The number of aromatic nitrogens is 1. The summed E-state index contributed by atoms with van der Waals surface area (Å²) in [6.45, 7) is 3.75. The van der Waals surface area contributed by atoms with E-state index in [1.807, 2.05) is 49.4 Å². The first-order chi connectivity index (χ1) is 18.0. The molecular formula is C30H33N3O4. The third-order valence-electron chi connectivity index (χ3n) is 6.71. The first kappa shape index (κ1) is 26.1. The van der Waals surface area contributed by atoms with Gasteiger partial charge in [-0.15, -0.1) is 0 Å². The predicted octanol–water partition coefficient (Wildman–Crippen LogP) is 5.00. The van der Waals surface area contributed by atoms with Gasteiger partial charge in [0.1, 0.15) is 5.75 Å². The van der Waals surface area contributed by atoms with E-state index < -0.39 is 0 Å². The summed E-state index contributed by atoms with van der Waals surface area (Å²) in [4.78, 5) is 43.3. The highest BCUT2D eigenvalue weighted by Crippen LogP contribution is 2.27. The van der Waals surface area contributed by atoms with Crippen molar-refractivity contribution in [2.45, 2.75) is 39.0 Å². The summed E-state index contributed by atoms with van der Waals surface area (Å²) in [7, 11) is 0. The van der Waals surface area contributed by atoms with E-state index >= 15 is 0 Å². The Bertz CT molecular complexity index is 1210. The number of Topliss-reactive ketones (excluding diaryl/α,β-unsaturated/α-hetero) is 1. The Hall–Kier alpha value is -4.00. The average molecular weight is 500 g/mol. The van der Waals surface area contributed by atoms with Crippen molar-refractivity contribution in [3.63, 3.8) is 0 Å². The summed E-state index contributed by atoms with van der Waals surface area (Å²) in [6, 6.07) is 20.0. The first-order valence-electron chi connectivity index (χ1n) is 12.8. The molecule has 37 heavy (non-hydrogen) atoms. The van der Waals surface area contributed by atoms with Crippen LogP contribution >= 0.6 is 0 Å². The summed E-state index contributed by atoms with van der Waals surface area (Å²) < 4.78 is 5.49. The molecule has 1 amide bonds. The summed E-state index contributed by atoms with van der Waals surface area (Å²) >= 11 is 0. The predicted molar refractivity (Wildman–Crippen MR) is 143 cm³/mol. The van der Waals surface area contributed by atoms with E-state index in [1.54, 1.807) is 30.5 Å². The zero-order valence-electron chi connectivity index (χ0n) is 21.2. The molecule has 1 N–H and O–H groups in total. The molecule has 0 spiro atoms. The molecule has 3 aromatic rings. The molecule has 0 radical (unpaired) electrons. The van der Waals surface area contributed by atoms with Gasteiger partial charge in [-0.3, -0.25) is 14.6 Å². The summed E-state index contributed by atoms with van der Waals surface area (Å²) in [5, 5.41) is 2.72. The molecule has 192 valence electrons. The van der Waals surface area contributed by atoms with E-state index in [9.17, 15) is 14.4 Å². The van der Waals surface area contributed by atoms with Gasteiger partial charge in [-0.1, -0.05) is 18.2 Å². The normalized spacial score (nSPS) is 15.5. The van der Waals surface area contributed by atoms with Crippen LogP contribution in [0.5, 0.6) is 5.75 Å². The highest BCUT2D eigenvalue weighted by atomic mass is 16.5. The Morgan fingerprint density at radius 1 is 0.973 bits per heavy atom. The van der Waals surface area contributed by atoms with Crippen LogP contribution in [0.2, 0.25) is 0 Å². The number of ether oxygens (including phenoxy) is 1. The molecule has 1 saturated heterocycles. The number of hydrogen-bond donors (Lipinski definition) is 1. The number of hydrogen-bond acceptors (Lipinski definition) is 6. The Balaban J connectivity index is 1.19. The molecule has 0 bridgehead atoms. The zero-order valence-corrected chi connectivity index (χ0v) is 21.2. The van der Waals surface area contributed by atoms with Crippen LogP contribution < -0.4 is 15.0 Å². The number of carbonyl (C=O) groups excluding carboxylic acids is 3. The lowest BCUT2D eigenvalue weighted by molar-refractivity contribution is -0.118. The minimum absolute atomic E-state index is 0.0558. The van der Waals surface area contributed by atoms with Gasteiger partial charge in [0.25, 0.3) is 5.91 Å². The quantitative estimate of drug-likeness (QED) is 0.329. The van der Waals surface area contributed by atoms with Crippen molar-refractivity contribution in [2.75, 3.05) is 24.5 Å². The molecule has 1 fully saturated rings. The maximum absolute atomic E-state index is 12.4. The van der Waals surface area contributed by atoms with E-state index in [-0.39, 0.29) is 24.2 Å². The van der Waals surface area contributed by atoms with E-state index in [0.29, 0.717) is 29.2 Å². The first-order valence-corrected chi connectivity index (χ1v) is 12.8. The van der Waals surface area contributed by atoms with Crippen molar-refractivity contribution in [3.8, 4) is 5.75 Å². The standard InChI is InChI=1S/C30H33N3O4/c1-22-20-25(15-17-31-22)29(35)32-21-27(34)12-9-23-6-5-18-33(19-16-23)26-10-13-28(14-11-26)37-30(36)24-7-3-2-4-8-24/h2-4,7-8,10-11,13-15,17,20,23H,5-6,9,12,16,18-19,21H2,1H3,(H,32,35). The number of anilines is 1. The van der Waals surface area contributed by atoms with Crippen molar-refractivity contribution >= 4 is 23.3 Å². The van der Waals surface area contributed by atoms with Crippen LogP contribution in [0.4, 0.5) is 5.69 Å². The molecule has 2 aromatic carbocycles. The van der Waals surface area contributed by atoms with Crippen LogP contribution in [0.15, 0.2) is 72.9 Å². The fourth-order valence-corrected chi connectivity index (χ4v) is 4.60. The molecule has 1 atom stereocenters. The maximum atomic E-state index is 12.4. The molecule has 1 aliphatic heterocycles. The Morgan fingerprint density at radius 2 is 1.76 bits per heavy atom. The second-order valence-corrected chi connectivity index (χ2v) is 9.48. The molecule has 1 aromatic heterocycles. The smallest absolute Gasteiger partial charge is 0.343 e. The SMILES string of the molecule is Cc1cc(C(=O)NCC(=O)CCC2CCCN(c3ccc(OC(=O)c4ccccc4)cc3)CC2)ccn1. The second kappa shape index (κ2) is 12.8. The van der Waals surface area contributed by atoms with Gasteiger partial charge >= 0.3 is 5.97 Å². The zero-order chi connectivity index (χ0) is 26.0. The van der Waals surface area contributed by atoms with Gasteiger partial charge in [-0.25, -0.2) is 4.79 Å². The molecule has 0 aliphatic carbocycles. The van der Waals surface area contributed by atoms with Crippen LogP contribution in [-0.4, -0.2) is 42.3 Å². The van der Waals surface area contributed by atoms with Crippen LogP contribution in [0.1, 0.15) is 58.5 Å². The van der Waals surface area contributed by atoms with Crippen LogP contribution in [0.3, 0.4) is 0 Å². The van der Waals surface area contributed by atoms with Gasteiger partial charge in [0.2, 0.25) is 0 Å². The number of benzene rings is 2. The molecule has 1 aliphatic rings. The van der Waals surface area contributed by atoms with Crippen LogP contribution in [0, 0.1) is 12.8 Å². The number of rotatable bonds is 9. The Labute approximate surface area is 217 Å². The number of pyridine rings is 1. The monoisotopic (exact) mass is 499 g/mol. The largest absolute Gasteiger partial charge is 0.423 e. The van der Waals surface area contributed by atoms with Gasteiger partial charge in [-0.2, -0.15) is 0 Å². The average Bonchev–Trinajstić information content (AvgIpc) is 3.17. The van der Waals surface area contributed by atoms with Gasteiger partial charge in [0, 0.05) is 42.7 Å². The van der Waals surface area contributed by atoms with Crippen molar-refractivity contribution in [1.82, 2.24) is 10.3 Å². The third-order valence-corrected chi connectivity index (χ3v) is 6.71. The Kier molecular flexibility index (Phi) is 9.03. The van der Waals surface area contributed by atoms with Crippen molar-refractivity contribution < 1.29 is 19.1 Å². The summed E-state index contributed by atoms with van der Waals surface area (Å²) in [5.74, 6) is 0.451. The van der Waals surface area contributed by atoms with E-state index in [1.165, 1.54) is 0 Å². The third kappa shape index (κ3) is 7.74. The minimum atomic E-state index is -0.368. The molecule has 7 nitrogen and oxygen atoms in total. The lowest BCUT2D eigenvalue weighted by Gasteiger charge is -2.23. The molecule has 1 unspecified atom stereocenters. The van der Waals surface area contributed by atoms with Gasteiger partial charge in [0.05, 0.1) is 12.1 Å². The van der Waals surface area contributed by atoms with E-state index in [2.05, 4.69) is 15.2 Å². The Morgan fingerprint density at radius 3 is 2.51 bits per heavy atom. The lowest BCUT2D eigenvalue weighted by atomic mass is 9.94. The van der Waals surface area contributed by atoms with Crippen LogP contribution in [-0.2, 0) is 4.79 Å². The topological polar surface area (TPSA) is 88.6 Å².